The summed E-state index contributed by atoms with van der Waals surface area (Å²) in [6.07, 6.45) is 3.33. The number of nitrogens with one attached hydrogen (secondary N) is 3. The first-order chi connectivity index (χ1) is 19.4. The number of amides is 4. The van der Waals surface area contributed by atoms with E-state index in [1.165, 1.54) is 0 Å². The third kappa shape index (κ3) is 7.06. The summed E-state index contributed by atoms with van der Waals surface area (Å²) in [6.45, 7) is 13.1. The highest BCUT2D eigenvalue weighted by molar-refractivity contribution is 5.90. The summed E-state index contributed by atoms with van der Waals surface area (Å²) >= 11 is 0. The lowest BCUT2D eigenvalue weighted by atomic mass is 9.85. The number of hydrogen-bond donors (Lipinski definition) is 3. The van der Waals surface area contributed by atoms with Gasteiger partial charge in [-0.05, 0) is 45.2 Å². The van der Waals surface area contributed by atoms with Crippen molar-refractivity contribution in [3.8, 4) is 0 Å². The Bertz CT molecular complexity index is 1210. The van der Waals surface area contributed by atoms with Gasteiger partial charge in [-0.25, -0.2) is 4.79 Å². The summed E-state index contributed by atoms with van der Waals surface area (Å²) in [7, 11) is 1.72. The Hall–Kier alpha value is -3.47. The summed E-state index contributed by atoms with van der Waals surface area (Å²) in [4.78, 5) is 44.0. The standard InChI is InChI=1S/C30H46N8O3/c1-19(2)32-29(41)38-17-22(16-36-18-23(34-35-36)15-21-11-9-8-10-12-21)25-24(38)13-14-37(25)28(40)26(30(4,5)6)33-27(39)20(3)31-7/h8-12,18-20,22,24-26,31H,13-17H2,1-7H3,(H,32,41)(H,33,39)/t20-,22-,24+,25+,26+/m0/s1. The van der Waals surface area contributed by atoms with Gasteiger partial charge in [0.15, 0.2) is 0 Å². The minimum atomic E-state index is -0.701. The molecular weight excluding hydrogens is 520 g/mol. The Morgan fingerprint density at radius 1 is 1.05 bits per heavy atom. The molecule has 0 unspecified atom stereocenters. The monoisotopic (exact) mass is 566 g/mol. The van der Waals surface area contributed by atoms with Crippen molar-refractivity contribution in [3.63, 3.8) is 0 Å². The quantitative estimate of drug-likeness (QED) is 0.427. The van der Waals surface area contributed by atoms with Gasteiger partial charge in [-0.1, -0.05) is 56.3 Å². The van der Waals surface area contributed by atoms with E-state index >= 15 is 0 Å². The summed E-state index contributed by atoms with van der Waals surface area (Å²) in [5, 5.41) is 17.8. The predicted octanol–water partition coefficient (Wildman–Crippen LogP) is 2.03. The number of fused-ring (bicyclic) bond motifs is 1. The number of benzene rings is 1. The summed E-state index contributed by atoms with van der Waals surface area (Å²) < 4.78 is 1.84. The average Bonchev–Trinajstić information content (AvgIpc) is 3.63. The molecule has 4 rings (SSSR count). The zero-order valence-corrected chi connectivity index (χ0v) is 25.4. The number of nitrogens with zero attached hydrogens (tertiary/aromatic N) is 5. The molecule has 2 aliphatic rings. The van der Waals surface area contributed by atoms with E-state index in [9.17, 15) is 14.4 Å². The lowest BCUT2D eigenvalue weighted by Crippen LogP contribution is -2.59. The molecule has 5 atom stereocenters. The van der Waals surface area contributed by atoms with Crippen LogP contribution in [0.4, 0.5) is 4.79 Å². The third-order valence-corrected chi connectivity index (χ3v) is 8.15. The number of likely N-dealkylation sites (N-methyl/N-ethyl adjacent to an activating group) is 1. The van der Waals surface area contributed by atoms with Crippen molar-refractivity contribution in [2.45, 2.75) is 91.1 Å². The van der Waals surface area contributed by atoms with Crippen LogP contribution in [0, 0.1) is 11.3 Å². The minimum absolute atomic E-state index is 0.00430. The summed E-state index contributed by atoms with van der Waals surface area (Å²) in [6, 6.07) is 8.60. The van der Waals surface area contributed by atoms with E-state index in [4.69, 9.17) is 0 Å². The first-order valence-corrected chi connectivity index (χ1v) is 14.7. The van der Waals surface area contributed by atoms with Crippen molar-refractivity contribution in [2.75, 3.05) is 20.1 Å². The number of urea groups is 1. The second kappa shape index (κ2) is 12.6. The average molecular weight is 567 g/mol. The van der Waals surface area contributed by atoms with Gasteiger partial charge in [0.05, 0.1) is 23.8 Å². The fourth-order valence-corrected chi connectivity index (χ4v) is 5.96. The molecule has 2 aromatic rings. The molecule has 0 spiro atoms. The molecule has 0 saturated carbocycles. The second-order valence-electron chi connectivity index (χ2n) is 12.8. The Kier molecular flexibility index (Phi) is 9.36. The van der Waals surface area contributed by atoms with Crippen molar-refractivity contribution >= 4 is 17.8 Å². The van der Waals surface area contributed by atoms with E-state index in [0.29, 0.717) is 32.5 Å². The van der Waals surface area contributed by atoms with Crippen LogP contribution in [0.5, 0.6) is 0 Å². The number of likely N-dealkylation sites (tertiary alicyclic amines) is 2. The number of hydrogen-bond acceptors (Lipinski definition) is 6. The molecule has 1 aromatic heterocycles. The molecule has 2 aliphatic heterocycles. The molecule has 11 nitrogen and oxygen atoms in total. The van der Waals surface area contributed by atoms with Gasteiger partial charge >= 0.3 is 6.03 Å². The molecule has 0 radical (unpaired) electrons. The molecule has 4 amide bonds. The van der Waals surface area contributed by atoms with Crippen LogP contribution in [0.25, 0.3) is 0 Å². The molecular formula is C30H46N8O3. The highest BCUT2D eigenvalue weighted by Crippen LogP contribution is 2.38. The minimum Gasteiger partial charge on any atom is -0.342 e. The predicted molar refractivity (Wildman–Crippen MR) is 157 cm³/mol. The summed E-state index contributed by atoms with van der Waals surface area (Å²) in [5.74, 6) is -0.365. The molecule has 0 bridgehead atoms. The zero-order valence-electron chi connectivity index (χ0n) is 25.4. The number of carbonyl (C=O) groups is 3. The van der Waals surface area contributed by atoms with Gasteiger partial charge in [0.1, 0.15) is 6.04 Å². The second-order valence-corrected chi connectivity index (χ2v) is 12.8. The zero-order chi connectivity index (χ0) is 29.9. The van der Waals surface area contributed by atoms with E-state index in [2.05, 4.69) is 38.4 Å². The summed E-state index contributed by atoms with van der Waals surface area (Å²) in [5.41, 5.74) is 1.53. The molecule has 3 heterocycles. The smallest absolute Gasteiger partial charge is 0.317 e. The van der Waals surface area contributed by atoms with Crippen LogP contribution in [-0.2, 0) is 22.6 Å². The molecule has 41 heavy (non-hydrogen) atoms. The van der Waals surface area contributed by atoms with Gasteiger partial charge in [-0.15, -0.1) is 5.10 Å². The van der Waals surface area contributed by atoms with E-state index in [-0.39, 0.29) is 41.9 Å². The maximum absolute atomic E-state index is 14.2. The normalized spacial score (nSPS) is 22.0. The lowest BCUT2D eigenvalue weighted by molar-refractivity contribution is -0.141. The fraction of sp³-hybridized carbons (Fsp3) is 0.633. The van der Waals surface area contributed by atoms with E-state index in [1.807, 2.05) is 73.5 Å². The molecule has 224 valence electrons. The van der Waals surface area contributed by atoms with Crippen molar-refractivity contribution in [1.29, 1.82) is 0 Å². The largest absolute Gasteiger partial charge is 0.342 e. The van der Waals surface area contributed by atoms with Gasteiger partial charge in [0.25, 0.3) is 0 Å². The number of aromatic nitrogens is 3. The third-order valence-electron chi connectivity index (χ3n) is 8.15. The van der Waals surface area contributed by atoms with Crippen LogP contribution >= 0.6 is 0 Å². The Balaban J connectivity index is 1.58. The van der Waals surface area contributed by atoms with Crippen LogP contribution in [0.1, 0.15) is 59.2 Å². The van der Waals surface area contributed by atoms with Crippen LogP contribution < -0.4 is 16.0 Å². The number of rotatable bonds is 9. The van der Waals surface area contributed by atoms with Crippen LogP contribution in [0.3, 0.4) is 0 Å². The van der Waals surface area contributed by atoms with Crippen LogP contribution in [0.2, 0.25) is 0 Å². The SMILES string of the molecule is CN[C@@H](C)C(=O)N[C@H](C(=O)N1CC[C@@H]2[C@H]1[C@@H](Cn1cc(Cc3ccccc3)nn1)CN2C(=O)NC(C)C)C(C)(C)C. The maximum atomic E-state index is 14.2. The van der Waals surface area contributed by atoms with Gasteiger partial charge < -0.3 is 25.8 Å². The van der Waals surface area contributed by atoms with Gasteiger partial charge in [0, 0.05) is 44.2 Å². The fourth-order valence-electron chi connectivity index (χ4n) is 5.96. The van der Waals surface area contributed by atoms with Gasteiger partial charge in [-0.2, -0.15) is 0 Å². The number of carbonyl (C=O) groups excluding carboxylic acids is 3. The Labute approximate surface area is 243 Å². The van der Waals surface area contributed by atoms with Crippen LogP contribution in [0.15, 0.2) is 36.5 Å². The highest BCUT2D eigenvalue weighted by atomic mass is 16.2. The van der Waals surface area contributed by atoms with Crippen molar-refractivity contribution in [3.05, 3.63) is 47.8 Å². The van der Waals surface area contributed by atoms with E-state index in [1.54, 1.807) is 14.0 Å². The van der Waals surface area contributed by atoms with E-state index in [0.717, 1.165) is 11.3 Å². The molecule has 1 aromatic carbocycles. The topological polar surface area (TPSA) is 124 Å². The molecule has 11 heteroatoms. The lowest BCUT2D eigenvalue weighted by Gasteiger charge is -2.37. The van der Waals surface area contributed by atoms with Gasteiger partial charge in [0.2, 0.25) is 11.8 Å². The molecule has 3 N–H and O–H groups in total. The first-order valence-electron chi connectivity index (χ1n) is 14.7. The van der Waals surface area contributed by atoms with Crippen molar-refractivity contribution < 1.29 is 14.4 Å². The molecule has 0 aliphatic carbocycles. The van der Waals surface area contributed by atoms with Crippen LogP contribution in [-0.4, -0.2) is 93.0 Å². The Morgan fingerprint density at radius 3 is 2.39 bits per heavy atom. The van der Waals surface area contributed by atoms with Crippen molar-refractivity contribution in [1.82, 2.24) is 40.7 Å². The van der Waals surface area contributed by atoms with Gasteiger partial charge in [-0.3, -0.25) is 14.3 Å². The Morgan fingerprint density at radius 2 is 1.76 bits per heavy atom. The molecule has 2 saturated heterocycles. The van der Waals surface area contributed by atoms with Crippen molar-refractivity contribution in [2.24, 2.45) is 11.3 Å². The molecule has 2 fully saturated rings. The van der Waals surface area contributed by atoms with E-state index < -0.39 is 17.5 Å². The highest BCUT2D eigenvalue weighted by Gasteiger charge is 2.53. The maximum Gasteiger partial charge on any atom is 0.317 e. The first kappa shape index (κ1) is 30.5.